The van der Waals surface area contributed by atoms with Crippen molar-refractivity contribution in [2.45, 2.75) is 37.4 Å². The van der Waals surface area contributed by atoms with Crippen LogP contribution >= 0.6 is 0 Å². The first-order chi connectivity index (χ1) is 7.47. The van der Waals surface area contributed by atoms with Crippen LogP contribution in [0.15, 0.2) is 0 Å². The van der Waals surface area contributed by atoms with Crippen LogP contribution in [-0.2, 0) is 4.74 Å². The molecule has 0 bridgehead atoms. The molecule has 0 aliphatic heterocycles. The van der Waals surface area contributed by atoms with Gasteiger partial charge in [0.15, 0.2) is 0 Å². The fourth-order valence-electron chi connectivity index (χ4n) is 1.71. The lowest BCUT2D eigenvalue weighted by molar-refractivity contribution is -0.174. The number of rotatable bonds is 7. The van der Waals surface area contributed by atoms with Gasteiger partial charge < -0.3 is 15.2 Å². The zero-order valence-corrected chi connectivity index (χ0v) is 9.15. The largest absolute Gasteiger partial charge is 0.411 e. The third-order valence-electron chi connectivity index (χ3n) is 2.84. The predicted molar refractivity (Wildman–Crippen MR) is 53.2 cm³/mol. The standard InChI is InChI=1S/C10H18F3NO2/c11-10(12,13)8-16-6-2-5-14-9(7-15)3-1-4-9/h14-15H,1-8H2. The average Bonchev–Trinajstić information content (AvgIpc) is 2.13. The molecule has 0 aromatic heterocycles. The van der Waals surface area contributed by atoms with Gasteiger partial charge in [-0.05, 0) is 32.2 Å². The Kier molecular flexibility index (Phi) is 5.01. The maximum absolute atomic E-state index is 11.7. The predicted octanol–water partition coefficient (Wildman–Crippen LogP) is 1.46. The van der Waals surface area contributed by atoms with Crippen LogP contribution in [0.3, 0.4) is 0 Å². The van der Waals surface area contributed by atoms with Crippen molar-refractivity contribution >= 4 is 0 Å². The van der Waals surface area contributed by atoms with Crippen LogP contribution in [0, 0.1) is 0 Å². The van der Waals surface area contributed by atoms with Crippen LogP contribution in [0.2, 0.25) is 0 Å². The van der Waals surface area contributed by atoms with Gasteiger partial charge in [-0.1, -0.05) is 0 Å². The van der Waals surface area contributed by atoms with Crippen molar-refractivity contribution in [3.05, 3.63) is 0 Å². The van der Waals surface area contributed by atoms with E-state index in [-0.39, 0.29) is 18.8 Å². The first kappa shape index (κ1) is 13.7. The highest BCUT2D eigenvalue weighted by Gasteiger charge is 2.35. The fraction of sp³-hybridized carbons (Fsp3) is 1.00. The molecule has 1 fully saturated rings. The molecule has 0 amide bonds. The van der Waals surface area contributed by atoms with E-state index in [1.807, 2.05) is 0 Å². The maximum atomic E-state index is 11.7. The van der Waals surface area contributed by atoms with Gasteiger partial charge in [0, 0.05) is 12.1 Å². The summed E-state index contributed by atoms with van der Waals surface area (Å²) in [5, 5.41) is 12.3. The van der Waals surface area contributed by atoms with Gasteiger partial charge in [-0.3, -0.25) is 0 Å². The number of halogens is 3. The second-order valence-electron chi connectivity index (χ2n) is 4.24. The van der Waals surface area contributed by atoms with Gasteiger partial charge in [0.05, 0.1) is 6.61 Å². The average molecular weight is 241 g/mol. The number of hydrogen-bond acceptors (Lipinski definition) is 3. The Morgan fingerprint density at radius 1 is 1.31 bits per heavy atom. The topological polar surface area (TPSA) is 41.5 Å². The minimum absolute atomic E-state index is 0.0913. The Morgan fingerprint density at radius 3 is 2.44 bits per heavy atom. The highest BCUT2D eigenvalue weighted by atomic mass is 19.4. The minimum atomic E-state index is -4.24. The number of ether oxygens (including phenoxy) is 1. The van der Waals surface area contributed by atoms with Crippen molar-refractivity contribution in [3.63, 3.8) is 0 Å². The summed E-state index contributed by atoms with van der Waals surface area (Å²) >= 11 is 0. The lowest BCUT2D eigenvalue weighted by Gasteiger charge is -2.41. The normalized spacial score (nSPS) is 19.5. The van der Waals surface area contributed by atoms with E-state index in [9.17, 15) is 13.2 Å². The van der Waals surface area contributed by atoms with Crippen LogP contribution in [0.5, 0.6) is 0 Å². The number of alkyl halides is 3. The lowest BCUT2D eigenvalue weighted by Crippen LogP contribution is -2.54. The van der Waals surface area contributed by atoms with Crippen molar-refractivity contribution in [1.29, 1.82) is 0 Å². The number of nitrogens with one attached hydrogen (secondary N) is 1. The SMILES string of the molecule is OCC1(NCCCOCC(F)(F)F)CCC1. The van der Waals surface area contributed by atoms with Gasteiger partial charge in [-0.25, -0.2) is 0 Å². The Morgan fingerprint density at radius 2 is 2.00 bits per heavy atom. The van der Waals surface area contributed by atoms with Crippen molar-refractivity contribution in [2.24, 2.45) is 0 Å². The fourth-order valence-corrected chi connectivity index (χ4v) is 1.71. The molecular weight excluding hydrogens is 223 g/mol. The van der Waals surface area contributed by atoms with Crippen molar-refractivity contribution in [2.75, 3.05) is 26.4 Å². The van der Waals surface area contributed by atoms with E-state index in [0.29, 0.717) is 13.0 Å². The smallest absolute Gasteiger partial charge is 0.394 e. The van der Waals surface area contributed by atoms with E-state index in [2.05, 4.69) is 10.1 Å². The van der Waals surface area contributed by atoms with Crippen molar-refractivity contribution in [3.8, 4) is 0 Å². The van der Waals surface area contributed by atoms with Crippen LogP contribution in [0.25, 0.3) is 0 Å². The van der Waals surface area contributed by atoms with E-state index in [0.717, 1.165) is 19.3 Å². The van der Waals surface area contributed by atoms with Gasteiger partial charge in [0.1, 0.15) is 6.61 Å². The van der Waals surface area contributed by atoms with Crippen LogP contribution in [0.1, 0.15) is 25.7 Å². The van der Waals surface area contributed by atoms with Gasteiger partial charge in [0.2, 0.25) is 0 Å². The first-order valence-electron chi connectivity index (χ1n) is 5.48. The molecule has 6 heteroatoms. The molecule has 1 rings (SSSR count). The summed E-state index contributed by atoms with van der Waals surface area (Å²) in [6, 6.07) is 0. The van der Waals surface area contributed by atoms with Crippen LogP contribution in [-0.4, -0.2) is 43.2 Å². The molecule has 1 aliphatic rings. The Balaban J connectivity index is 1.96. The van der Waals surface area contributed by atoms with E-state index in [4.69, 9.17) is 5.11 Å². The molecule has 16 heavy (non-hydrogen) atoms. The maximum Gasteiger partial charge on any atom is 0.411 e. The molecule has 1 aliphatic carbocycles. The molecule has 1 saturated carbocycles. The lowest BCUT2D eigenvalue weighted by atomic mass is 9.77. The first-order valence-corrected chi connectivity index (χ1v) is 5.48. The van der Waals surface area contributed by atoms with Crippen molar-refractivity contribution in [1.82, 2.24) is 5.32 Å². The number of aliphatic hydroxyl groups is 1. The molecule has 0 aromatic rings. The van der Waals surface area contributed by atoms with Crippen LogP contribution in [0.4, 0.5) is 13.2 Å². The number of aliphatic hydroxyl groups excluding tert-OH is 1. The molecule has 3 nitrogen and oxygen atoms in total. The highest BCUT2D eigenvalue weighted by Crippen LogP contribution is 2.30. The van der Waals surface area contributed by atoms with Crippen LogP contribution < -0.4 is 5.32 Å². The molecule has 0 saturated heterocycles. The highest BCUT2D eigenvalue weighted by molar-refractivity contribution is 4.95. The van der Waals surface area contributed by atoms with E-state index in [1.54, 1.807) is 0 Å². The summed E-state index contributed by atoms with van der Waals surface area (Å²) in [5.41, 5.74) is -0.177. The number of hydrogen-bond donors (Lipinski definition) is 2. The molecule has 0 spiro atoms. The molecule has 96 valence electrons. The van der Waals surface area contributed by atoms with E-state index >= 15 is 0 Å². The second-order valence-corrected chi connectivity index (χ2v) is 4.24. The van der Waals surface area contributed by atoms with E-state index < -0.39 is 12.8 Å². The summed E-state index contributed by atoms with van der Waals surface area (Å²) in [5.74, 6) is 0. The Bertz CT molecular complexity index is 199. The van der Waals surface area contributed by atoms with Crippen molar-refractivity contribution < 1.29 is 23.0 Å². The van der Waals surface area contributed by atoms with E-state index in [1.165, 1.54) is 0 Å². The zero-order chi connectivity index (χ0) is 12.1. The van der Waals surface area contributed by atoms with Gasteiger partial charge in [-0.15, -0.1) is 0 Å². The summed E-state index contributed by atoms with van der Waals surface area (Å²) in [6.45, 7) is -0.416. The Labute approximate surface area is 93.0 Å². The summed E-state index contributed by atoms with van der Waals surface area (Å²) in [7, 11) is 0. The molecule has 0 heterocycles. The summed E-state index contributed by atoms with van der Waals surface area (Å²) < 4.78 is 39.6. The molecule has 2 N–H and O–H groups in total. The molecule has 0 aromatic carbocycles. The molecule has 0 unspecified atom stereocenters. The second kappa shape index (κ2) is 5.84. The zero-order valence-electron chi connectivity index (χ0n) is 9.15. The molecular formula is C10H18F3NO2. The van der Waals surface area contributed by atoms with Gasteiger partial charge in [-0.2, -0.15) is 13.2 Å². The minimum Gasteiger partial charge on any atom is -0.394 e. The Hall–Kier alpha value is -0.330. The third-order valence-corrected chi connectivity index (χ3v) is 2.84. The molecule has 0 radical (unpaired) electrons. The quantitative estimate of drug-likeness (QED) is 0.663. The van der Waals surface area contributed by atoms with Gasteiger partial charge in [0.25, 0.3) is 0 Å². The summed E-state index contributed by atoms with van der Waals surface area (Å²) in [4.78, 5) is 0. The molecule has 0 atom stereocenters. The monoisotopic (exact) mass is 241 g/mol. The summed E-state index contributed by atoms with van der Waals surface area (Å²) in [6.07, 6.45) is -0.747. The van der Waals surface area contributed by atoms with Gasteiger partial charge >= 0.3 is 6.18 Å². The third kappa shape index (κ3) is 4.67.